The second-order valence-corrected chi connectivity index (χ2v) is 12.1. The molecule has 0 aromatic heterocycles. The second-order valence-electron chi connectivity index (χ2n) is 12.1. The van der Waals surface area contributed by atoms with E-state index < -0.39 is 12.5 Å². The molecule has 4 unspecified atom stereocenters. The Bertz CT molecular complexity index is 766. The van der Waals surface area contributed by atoms with Crippen molar-refractivity contribution >= 4 is 11.7 Å². The predicted octanol–water partition coefficient (Wildman–Crippen LogP) is 4.56. The average Bonchev–Trinajstić information content (AvgIpc) is 3.40. The van der Waals surface area contributed by atoms with Gasteiger partial charge in [-0.1, -0.05) is 19.3 Å². The number of ether oxygens (including phenoxy) is 1. The summed E-state index contributed by atoms with van der Waals surface area (Å²) < 4.78 is 34.2. The van der Waals surface area contributed by atoms with Gasteiger partial charge in [0.2, 0.25) is 5.91 Å². The van der Waals surface area contributed by atoms with Crippen molar-refractivity contribution in [3.63, 3.8) is 0 Å². The number of fused-ring (bicyclic) bond motifs is 1. The van der Waals surface area contributed by atoms with Gasteiger partial charge in [-0.2, -0.15) is 0 Å². The van der Waals surface area contributed by atoms with E-state index in [4.69, 9.17) is 15.9 Å². The van der Waals surface area contributed by atoms with Gasteiger partial charge in [-0.25, -0.2) is 8.78 Å². The number of amides is 1. The maximum Gasteiger partial charge on any atom is 0.267 e. The Labute approximate surface area is 208 Å². The SMILES string of the molecule is N=C(N)C1CCC2CC(C(=O)N3CCC(F)(F)C3)N(CC3CCC(OC4CCCCC4)CC3)C2C1. The monoisotopic (exact) mass is 494 g/mol. The van der Waals surface area contributed by atoms with Crippen molar-refractivity contribution in [2.45, 2.75) is 120 Å². The molecule has 2 saturated heterocycles. The number of hydrogen-bond donors (Lipinski definition) is 2. The summed E-state index contributed by atoms with van der Waals surface area (Å²) in [6.07, 6.45) is 14.7. The number of carbonyl (C=O) groups is 1. The fourth-order valence-corrected chi connectivity index (χ4v) is 7.69. The van der Waals surface area contributed by atoms with Crippen LogP contribution in [0.25, 0.3) is 0 Å². The molecule has 0 aromatic carbocycles. The number of likely N-dealkylation sites (tertiary alicyclic amines) is 2. The molecular weight excluding hydrogens is 450 g/mol. The summed E-state index contributed by atoms with van der Waals surface area (Å²) in [5.41, 5.74) is 5.89. The van der Waals surface area contributed by atoms with Crippen LogP contribution in [0.1, 0.15) is 89.9 Å². The van der Waals surface area contributed by atoms with Crippen LogP contribution in [-0.4, -0.2) is 71.4 Å². The molecule has 2 aliphatic heterocycles. The largest absolute Gasteiger partial charge is 0.387 e. The second kappa shape index (κ2) is 10.6. The number of amidine groups is 1. The molecule has 0 spiro atoms. The van der Waals surface area contributed by atoms with Crippen LogP contribution >= 0.6 is 0 Å². The van der Waals surface area contributed by atoms with Crippen LogP contribution in [0.4, 0.5) is 8.78 Å². The number of carbonyl (C=O) groups excluding carboxylic acids is 1. The van der Waals surface area contributed by atoms with Gasteiger partial charge >= 0.3 is 0 Å². The van der Waals surface area contributed by atoms with Gasteiger partial charge < -0.3 is 15.4 Å². The number of halogens is 2. The summed E-state index contributed by atoms with van der Waals surface area (Å²) in [6, 6.07) is -0.0771. The van der Waals surface area contributed by atoms with Gasteiger partial charge in [-0.15, -0.1) is 0 Å². The molecule has 3 aliphatic carbocycles. The molecule has 0 bridgehead atoms. The molecule has 3 N–H and O–H groups in total. The summed E-state index contributed by atoms with van der Waals surface area (Å²) in [7, 11) is 0. The smallest absolute Gasteiger partial charge is 0.267 e. The lowest BCUT2D eigenvalue weighted by molar-refractivity contribution is -0.137. The van der Waals surface area contributed by atoms with Gasteiger partial charge in [0.25, 0.3) is 5.92 Å². The highest BCUT2D eigenvalue weighted by molar-refractivity contribution is 5.83. The van der Waals surface area contributed by atoms with Crippen molar-refractivity contribution in [3.05, 3.63) is 0 Å². The summed E-state index contributed by atoms with van der Waals surface area (Å²) in [4.78, 5) is 17.3. The number of alkyl halides is 2. The molecule has 5 rings (SSSR count). The third kappa shape index (κ3) is 5.84. The Kier molecular flexibility index (Phi) is 7.69. The average molecular weight is 495 g/mol. The van der Waals surface area contributed by atoms with Crippen molar-refractivity contribution in [1.82, 2.24) is 9.80 Å². The van der Waals surface area contributed by atoms with Crippen molar-refractivity contribution in [1.29, 1.82) is 5.41 Å². The zero-order valence-electron chi connectivity index (χ0n) is 21.1. The van der Waals surface area contributed by atoms with Crippen LogP contribution in [0.3, 0.4) is 0 Å². The lowest BCUT2D eigenvalue weighted by Crippen LogP contribution is -2.51. The van der Waals surface area contributed by atoms with Gasteiger partial charge in [0, 0.05) is 31.5 Å². The first kappa shape index (κ1) is 25.4. The molecule has 8 heteroatoms. The molecule has 0 radical (unpaired) electrons. The van der Waals surface area contributed by atoms with Crippen molar-refractivity contribution in [2.75, 3.05) is 19.6 Å². The van der Waals surface area contributed by atoms with E-state index in [9.17, 15) is 13.6 Å². The van der Waals surface area contributed by atoms with Crippen LogP contribution < -0.4 is 5.73 Å². The number of rotatable bonds is 6. The first-order valence-corrected chi connectivity index (χ1v) is 14.2. The van der Waals surface area contributed by atoms with Crippen LogP contribution in [0, 0.1) is 23.2 Å². The van der Waals surface area contributed by atoms with E-state index in [1.807, 2.05) is 0 Å². The highest BCUT2D eigenvalue weighted by Crippen LogP contribution is 2.44. The van der Waals surface area contributed by atoms with Crippen LogP contribution in [-0.2, 0) is 9.53 Å². The summed E-state index contributed by atoms with van der Waals surface area (Å²) in [5, 5.41) is 7.99. The predicted molar refractivity (Wildman–Crippen MR) is 131 cm³/mol. The Morgan fingerprint density at radius 2 is 1.69 bits per heavy atom. The van der Waals surface area contributed by atoms with E-state index in [0.717, 1.165) is 57.9 Å². The highest BCUT2D eigenvalue weighted by Gasteiger charge is 2.51. The lowest BCUT2D eigenvalue weighted by atomic mass is 9.77. The van der Waals surface area contributed by atoms with E-state index in [2.05, 4.69) is 4.90 Å². The standard InChI is InChI=1S/C27H44F2N4O2/c28-27(29)12-13-32(17-27)26(34)24-14-19-8-9-20(25(30)31)15-23(19)33(24)16-18-6-10-22(11-7-18)35-21-4-2-1-3-5-21/h18-24H,1-17H2,(H3,30,31). The molecule has 5 aliphatic rings. The molecule has 5 fully saturated rings. The van der Waals surface area contributed by atoms with E-state index >= 15 is 0 Å². The maximum absolute atomic E-state index is 13.9. The quantitative estimate of drug-likeness (QED) is 0.419. The number of nitrogens with zero attached hydrogens (tertiary/aromatic N) is 2. The zero-order valence-corrected chi connectivity index (χ0v) is 21.1. The Hall–Kier alpha value is -1.28. The molecule has 2 heterocycles. The molecular formula is C27H44F2N4O2. The molecule has 0 aromatic rings. The number of nitrogens with two attached hydrogens (primary N) is 1. The molecule has 3 saturated carbocycles. The Morgan fingerprint density at radius 3 is 2.34 bits per heavy atom. The van der Waals surface area contributed by atoms with E-state index in [1.165, 1.54) is 37.0 Å². The summed E-state index contributed by atoms with van der Waals surface area (Å²) in [5.74, 6) is -1.64. The van der Waals surface area contributed by atoms with E-state index in [0.29, 0.717) is 24.0 Å². The first-order chi connectivity index (χ1) is 16.8. The van der Waals surface area contributed by atoms with Gasteiger partial charge in [-0.05, 0) is 76.0 Å². The third-order valence-electron chi connectivity index (χ3n) is 9.71. The Morgan fingerprint density at radius 1 is 0.971 bits per heavy atom. The minimum atomic E-state index is -2.76. The lowest BCUT2D eigenvalue weighted by Gasteiger charge is -2.40. The number of nitrogens with one attached hydrogen (secondary N) is 1. The van der Waals surface area contributed by atoms with E-state index in [1.54, 1.807) is 0 Å². The molecule has 1 amide bonds. The zero-order chi connectivity index (χ0) is 24.6. The van der Waals surface area contributed by atoms with Gasteiger partial charge in [0.1, 0.15) is 0 Å². The van der Waals surface area contributed by atoms with Gasteiger partial charge in [0.05, 0.1) is 30.6 Å². The summed E-state index contributed by atoms with van der Waals surface area (Å²) >= 11 is 0. The van der Waals surface area contributed by atoms with Crippen LogP contribution in [0.2, 0.25) is 0 Å². The normalized spacial score (nSPS) is 38.4. The van der Waals surface area contributed by atoms with Crippen LogP contribution in [0.5, 0.6) is 0 Å². The maximum atomic E-state index is 13.9. The van der Waals surface area contributed by atoms with Crippen LogP contribution in [0.15, 0.2) is 0 Å². The number of hydrogen-bond acceptors (Lipinski definition) is 4. The fraction of sp³-hybridized carbons (Fsp3) is 0.926. The first-order valence-electron chi connectivity index (χ1n) is 14.2. The van der Waals surface area contributed by atoms with E-state index in [-0.39, 0.29) is 42.7 Å². The molecule has 6 nitrogen and oxygen atoms in total. The minimum Gasteiger partial charge on any atom is -0.387 e. The topological polar surface area (TPSA) is 82.6 Å². The molecule has 4 atom stereocenters. The Balaban J connectivity index is 1.23. The van der Waals surface area contributed by atoms with Crippen molar-refractivity contribution < 1.29 is 18.3 Å². The third-order valence-corrected chi connectivity index (χ3v) is 9.71. The highest BCUT2D eigenvalue weighted by atomic mass is 19.3. The van der Waals surface area contributed by atoms with Crippen molar-refractivity contribution in [2.24, 2.45) is 23.5 Å². The molecule has 35 heavy (non-hydrogen) atoms. The minimum absolute atomic E-state index is 0.0725. The fourth-order valence-electron chi connectivity index (χ4n) is 7.69. The van der Waals surface area contributed by atoms with Gasteiger partial charge in [-0.3, -0.25) is 15.1 Å². The molecule has 198 valence electrons. The van der Waals surface area contributed by atoms with Crippen molar-refractivity contribution in [3.8, 4) is 0 Å². The van der Waals surface area contributed by atoms with Gasteiger partial charge in [0.15, 0.2) is 0 Å². The summed E-state index contributed by atoms with van der Waals surface area (Å²) in [6.45, 7) is 0.568.